The number of aromatic nitrogens is 2. The number of fused-ring (bicyclic) bond motifs is 1. The van der Waals surface area contributed by atoms with Gasteiger partial charge in [0.15, 0.2) is 0 Å². The van der Waals surface area contributed by atoms with Gasteiger partial charge in [-0.3, -0.25) is 4.79 Å². The fourth-order valence-corrected chi connectivity index (χ4v) is 3.60. The third-order valence-corrected chi connectivity index (χ3v) is 5.39. The molecule has 2 N–H and O–H groups in total. The van der Waals surface area contributed by atoms with Gasteiger partial charge in [0, 0.05) is 36.2 Å². The van der Waals surface area contributed by atoms with Crippen LogP contribution in [0.3, 0.4) is 0 Å². The number of carbonyl (C=O) groups is 1. The lowest BCUT2D eigenvalue weighted by Gasteiger charge is -2.17. The van der Waals surface area contributed by atoms with E-state index in [2.05, 4.69) is 20.6 Å². The molecule has 2 heterocycles. The number of hydrogen-bond acceptors (Lipinski definition) is 7. The van der Waals surface area contributed by atoms with Crippen LogP contribution < -0.4 is 15.4 Å². The Kier molecular flexibility index (Phi) is 9.39. The summed E-state index contributed by atoms with van der Waals surface area (Å²) < 4.78 is 25.1. The maximum absolute atomic E-state index is 13.6. The van der Waals surface area contributed by atoms with Gasteiger partial charge in [-0.15, -0.1) is 17.0 Å². The number of halogens is 3. The SMILES string of the molecule is Br.CN(C)C/C=C/C(=O)Nc1cc2c(Nc3ccc(F)c(Cl)c3)ncnc2cc1O[C@H]1CCOC1. The summed E-state index contributed by atoms with van der Waals surface area (Å²) in [6.07, 6.45) is 5.32. The first-order valence-electron chi connectivity index (χ1n) is 10.8. The summed E-state index contributed by atoms with van der Waals surface area (Å²) >= 11 is 5.91. The van der Waals surface area contributed by atoms with Crippen LogP contribution in [0.1, 0.15) is 6.42 Å². The van der Waals surface area contributed by atoms with Crippen molar-refractivity contribution in [2.24, 2.45) is 0 Å². The lowest BCUT2D eigenvalue weighted by atomic mass is 10.1. The van der Waals surface area contributed by atoms with Crippen LogP contribution in [0.4, 0.5) is 21.6 Å². The van der Waals surface area contributed by atoms with Crippen LogP contribution in [0, 0.1) is 5.82 Å². The van der Waals surface area contributed by atoms with Crippen LogP contribution >= 0.6 is 28.6 Å². The van der Waals surface area contributed by atoms with E-state index in [1.165, 1.54) is 24.5 Å². The third-order valence-electron chi connectivity index (χ3n) is 5.10. The number of nitrogens with zero attached hydrogens (tertiary/aromatic N) is 3. The molecule has 0 bridgehead atoms. The number of hydrogen-bond donors (Lipinski definition) is 2. The number of rotatable bonds is 8. The third kappa shape index (κ3) is 7.11. The van der Waals surface area contributed by atoms with Crippen molar-refractivity contribution >= 4 is 62.6 Å². The molecule has 1 atom stereocenters. The van der Waals surface area contributed by atoms with E-state index in [-0.39, 0.29) is 34.0 Å². The monoisotopic (exact) mass is 565 g/mol. The lowest BCUT2D eigenvalue weighted by molar-refractivity contribution is -0.111. The number of nitrogens with one attached hydrogen (secondary N) is 2. The van der Waals surface area contributed by atoms with E-state index in [0.29, 0.717) is 53.6 Å². The van der Waals surface area contributed by atoms with E-state index in [1.807, 2.05) is 19.0 Å². The number of carbonyl (C=O) groups excluding carboxylic acids is 1. The summed E-state index contributed by atoms with van der Waals surface area (Å²) in [4.78, 5) is 23.2. The van der Waals surface area contributed by atoms with Gasteiger partial charge in [0.05, 0.1) is 29.4 Å². The van der Waals surface area contributed by atoms with Crippen LogP contribution in [0.15, 0.2) is 48.8 Å². The summed E-state index contributed by atoms with van der Waals surface area (Å²) in [6, 6.07) is 7.82. The van der Waals surface area contributed by atoms with Crippen LogP contribution in [-0.2, 0) is 9.53 Å². The first-order valence-corrected chi connectivity index (χ1v) is 11.1. The van der Waals surface area contributed by atoms with Gasteiger partial charge < -0.3 is 25.0 Å². The lowest BCUT2D eigenvalue weighted by Crippen LogP contribution is -2.18. The number of benzene rings is 2. The molecule has 8 nitrogen and oxygen atoms in total. The zero-order chi connectivity index (χ0) is 24.1. The molecule has 186 valence electrons. The van der Waals surface area contributed by atoms with Crippen molar-refractivity contribution in [1.82, 2.24) is 14.9 Å². The Labute approximate surface area is 218 Å². The van der Waals surface area contributed by atoms with E-state index in [9.17, 15) is 9.18 Å². The topological polar surface area (TPSA) is 88.6 Å². The first-order chi connectivity index (χ1) is 16.4. The standard InChI is InChI=1S/C24H25ClFN5O3.BrH/c1-31(2)8-3-4-23(32)30-21-11-17-20(12-22(21)34-16-7-9-33-13-16)27-14-28-24(17)29-15-5-6-19(26)18(25)10-15;/h3-6,10-12,14,16H,7-9,13H2,1-2H3,(H,30,32)(H,27,28,29);1H/b4-3+;/t16-;/m0./s1. The minimum Gasteiger partial charge on any atom is -0.486 e. The van der Waals surface area contributed by atoms with Crippen molar-refractivity contribution in [2.75, 3.05) is 44.5 Å². The van der Waals surface area contributed by atoms with Gasteiger partial charge in [0.2, 0.25) is 5.91 Å². The van der Waals surface area contributed by atoms with Crippen LogP contribution in [-0.4, -0.2) is 60.7 Å². The van der Waals surface area contributed by atoms with Gasteiger partial charge in [-0.1, -0.05) is 17.7 Å². The Morgan fingerprint density at radius 3 is 2.86 bits per heavy atom. The molecular weight excluding hydrogens is 541 g/mol. The van der Waals surface area contributed by atoms with Gasteiger partial charge in [0.25, 0.3) is 0 Å². The van der Waals surface area contributed by atoms with Crippen molar-refractivity contribution in [3.63, 3.8) is 0 Å². The molecule has 1 fully saturated rings. The normalized spacial score (nSPS) is 15.4. The molecule has 0 aliphatic carbocycles. The maximum Gasteiger partial charge on any atom is 0.248 e. The summed E-state index contributed by atoms with van der Waals surface area (Å²) in [5.41, 5.74) is 1.65. The molecule has 35 heavy (non-hydrogen) atoms. The minimum atomic E-state index is -0.509. The highest BCUT2D eigenvalue weighted by molar-refractivity contribution is 8.93. The highest BCUT2D eigenvalue weighted by atomic mass is 79.9. The molecule has 11 heteroatoms. The second kappa shape index (κ2) is 12.3. The molecule has 1 aliphatic rings. The Bertz CT molecular complexity index is 1220. The van der Waals surface area contributed by atoms with E-state index in [1.54, 1.807) is 24.3 Å². The second-order valence-electron chi connectivity index (χ2n) is 8.10. The Morgan fingerprint density at radius 2 is 2.14 bits per heavy atom. The van der Waals surface area contributed by atoms with Crippen LogP contribution in [0.25, 0.3) is 10.9 Å². The molecule has 1 aliphatic heterocycles. The molecule has 3 aromatic rings. The average Bonchev–Trinajstić information content (AvgIpc) is 3.30. The second-order valence-corrected chi connectivity index (χ2v) is 8.51. The zero-order valence-corrected chi connectivity index (χ0v) is 21.7. The zero-order valence-electron chi connectivity index (χ0n) is 19.3. The summed E-state index contributed by atoms with van der Waals surface area (Å²) in [6.45, 7) is 1.75. The first kappa shape index (κ1) is 26.8. The predicted molar refractivity (Wildman–Crippen MR) is 141 cm³/mol. The average molecular weight is 567 g/mol. The summed E-state index contributed by atoms with van der Waals surface area (Å²) in [7, 11) is 3.84. The molecule has 0 spiro atoms. The van der Waals surface area contributed by atoms with E-state index in [4.69, 9.17) is 21.1 Å². The van der Waals surface area contributed by atoms with Gasteiger partial charge in [-0.05, 0) is 38.4 Å². The van der Waals surface area contributed by atoms with E-state index in [0.717, 1.165) is 6.42 Å². The fraction of sp³-hybridized carbons (Fsp3) is 0.292. The molecular formula is C24H26BrClFN5O3. The molecule has 0 radical (unpaired) electrons. The molecule has 1 aromatic heterocycles. The Hall–Kier alpha value is -2.79. The Morgan fingerprint density at radius 1 is 1.31 bits per heavy atom. The minimum absolute atomic E-state index is 0. The van der Waals surface area contributed by atoms with Gasteiger partial charge >= 0.3 is 0 Å². The van der Waals surface area contributed by atoms with Crippen LogP contribution in [0.2, 0.25) is 5.02 Å². The summed E-state index contributed by atoms with van der Waals surface area (Å²) in [5, 5.41) is 6.67. The van der Waals surface area contributed by atoms with E-state index >= 15 is 0 Å². The maximum atomic E-state index is 13.6. The van der Waals surface area contributed by atoms with Crippen molar-refractivity contribution in [2.45, 2.75) is 12.5 Å². The molecule has 1 amide bonds. The van der Waals surface area contributed by atoms with Crippen LogP contribution in [0.5, 0.6) is 5.75 Å². The Balaban J connectivity index is 0.00000342. The number of anilines is 3. The molecule has 0 unspecified atom stereocenters. The number of ether oxygens (including phenoxy) is 2. The summed E-state index contributed by atoms with van der Waals surface area (Å²) in [5.74, 6) is 0.170. The van der Waals surface area contributed by atoms with Gasteiger partial charge in [-0.25, -0.2) is 14.4 Å². The van der Waals surface area contributed by atoms with Crippen molar-refractivity contribution in [3.8, 4) is 5.75 Å². The largest absolute Gasteiger partial charge is 0.486 e. The van der Waals surface area contributed by atoms with Gasteiger partial charge in [-0.2, -0.15) is 0 Å². The number of amides is 1. The smallest absolute Gasteiger partial charge is 0.248 e. The number of likely N-dealkylation sites (N-methyl/N-ethyl adjacent to an activating group) is 1. The fourth-order valence-electron chi connectivity index (χ4n) is 3.42. The molecule has 0 saturated carbocycles. The van der Waals surface area contributed by atoms with Crippen molar-refractivity contribution in [3.05, 3.63) is 59.7 Å². The molecule has 1 saturated heterocycles. The highest BCUT2D eigenvalue weighted by Crippen LogP contribution is 2.35. The molecule has 4 rings (SSSR count). The predicted octanol–water partition coefficient (Wildman–Crippen LogP) is 4.97. The van der Waals surface area contributed by atoms with E-state index < -0.39 is 5.82 Å². The van der Waals surface area contributed by atoms with Gasteiger partial charge in [0.1, 0.15) is 29.8 Å². The quantitative estimate of drug-likeness (QED) is 0.372. The van der Waals surface area contributed by atoms with Crippen molar-refractivity contribution in [1.29, 1.82) is 0 Å². The molecule has 2 aromatic carbocycles. The van der Waals surface area contributed by atoms with Crippen molar-refractivity contribution < 1.29 is 18.7 Å². The highest BCUT2D eigenvalue weighted by Gasteiger charge is 2.20.